The van der Waals surface area contributed by atoms with E-state index in [1.54, 1.807) is 6.92 Å². The topological polar surface area (TPSA) is 126 Å². The maximum absolute atomic E-state index is 11.3. The highest BCUT2D eigenvalue weighted by Crippen LogP contribution is 2.26. The van der Waals surface area contributed by atoms with Crippen LogP contribution in [0.2, 0.25) is 0 Å². The maximum atomic E-state index is 11.3. The fourth-order valence-electron chi connectivity index (χ4n) is 2.43. The van der Waals surface area contributed by atoms with Crippen LogP contribution < -0.4 is 0 Å². The molecule has 2 rings (SSSR count). The Labute approximate surface area is 115 Å². The first-order valence-electron chi connectivity index (χ1n) is 6.57. The summed E-state index contributed by atoms with van der Waals surface area (Å²) < 4.78 is 15.7. The van der Waals surface area contributed by atoms with Crippen molar-refractivity contribution in [2.75, 3.05) is 6.61 Å². The lowest BCUT2D eigenvalue weighted by Crippen LogP contribution is -2.60. The van der Waals surface area contributed by atoms with Crippen LogP contribution in [0, 0.1) is 0 Å². The van der Waals surface area contributed by atoms with Crippen LogP contribution in [0.3, 0.4) is 0 Å². The third kappa shape index (κ3) is 3.27. The van der Waals surface area contributed by atoms with Gasteiger partial charge in [0.15, 0.2) is 6.29 Å². The van der Waals surface area contributed by atoms with Gasteiger partial charge in [0, 0.05) is 6.42 Å². The SMILES string of the molecule is C[C@H]1C[C@@H](O[C@@H]2O[C@H](CO)[C@@H](O)[C@H](O)[C@H]2O)CC(=O)O1. The van der Waals surface area contributed by atoms with Gasteiger partial charge in [0.25, 0.3) is 0 Å². The molecular formula is C12H20O8. The smallest absolute Gasteiger partial charge is 0.308 e. The molecule has 7 atom stereocenters. The second-order valence-electron chi connectivity index (χ2n) is 5.20. The summed E-state index contributed by atoms with van der Waals surface area (Å²) in [5.74, 6) is -0.404. The molecule has 0 saturated carbocycles. The molecule has 0 radical (unpaired) electrons. The van der Waals surface area contributed by atoms with Crippen LogP contribution in [0.5, 0.6) is 0 Å². The van der Waals surface area contributed by atoms with E-state index in [1.807, 2.05) is 0 Å². The average Bonchev–Trinajstić information content (AvgIpc) is 2.38. The van der Waals surface area contributed by atoms with Gasteiger partial charge in [-0.3, -0.25) is 4.79 Å². The van der Waals surface area contributed by atoms with E-state index in [-0.39, 0.29) is 12.5 Å². The molecule has 20 heavy (non-hydrogen) atoms. The monoisotopic (exact) mass is 292 g/mol. The molecule has 116 valence electrons. The molecule has 0 aromatic rings. The van der Waals surface area contributed by atoms with E-state index < -0.39 is 49.4 Å². The summed E-state index contributed by atoms with van der Waals surface area (Å²) in [5.41, 5.74) is 0. The van der Waals surface area contributed by atoms with Crippen LogP contribution in [0.4, 0.5) is 0 Å². The van der Waals surface area contributed by atoms with Gasteiger partial charge in [-0.15, -0.1) is 0 Å². The van der Waals surface area contributed by atoms with Crippen molar-refractivity contribution in [2.24, 2.45) is 0 Å². The highest BCUT2D eigenvalue weighted by atomic mass is 16.7. The third-order valence-electron chi connectivity index (χ3n) is 3.50. The number of aliphatic hydroxyl groups is 4. The number of esters is 1. The Morgan fingerprint density at radius 1 is 1.25 bits per heavy atom. The molecule has 0 bridgehead atoms. The Bertz CT molecular complexity index is 346. The maximum Gasteiger partial charge on any atom is 0.308 e. The molecule has 8 nitrogen and oxygen atoms in total. The number of aliphatic hydroxyl groups excluding tert-OH is 4. The number of carbonyl (C=O) groups excluding carboxylic acids is 1. The molecule has 2 saturated heterocycles. The highest BCUT2D eigenvalue weighted by molar-refractivity contribution is 5.70. The molecule has 8 heteroatoms. The lowest BCUT2D eigenvalue weighted by atomic mass is 9.99. The first kappa shape index (κ1) is 15.6. The molecular weight excluding hydrogens is 272 g/mol. The molecule has 0 amide bonds. The third-order valence-corrected chi connectivity index (χ3v) is 3.50. The van der Waals surface area contributed by atoms with Crippen molar-refractivity contribution in [3.8, 4) is 0 Å². The fourth-order valence-corrected chi connectivity index (χ4v) is 2.43. The molecule has 2 fully saturated rings. The number of hydrogen-bond donors (Lipinski definition) is 4. The molecule has 0 aromatic heterocycles. The molecule has 2 heterocycles. The second-order valence-corrected chi connectivity index (χ2v) is 5.20. The summed E-state index contributed by atoms with van der Waals surface area (Å²) in [7, 11) is 0. The summed E-state index contributed by atoms with van der Waals surface area (Å²) in [6.07, 6.45) is -6.94. The van der Waals surface area contributed by atoms with E-state index in [0.29, 0.717) is 6.42 Å². The summed E-state index contributed by atoms with van der Waals surface area (Å²) in [6, 6.07) is 0. The van der Waals surface area contributed by atoms with E-state index >= 15 is 0 Å². The van der Waals surface area contributed by atoms with Crippen molar-refractivity contribution in [1.29, 1.82) is 0 Å². The molecule has 2 aliphatic heterocycles. The van der Waals surface area contributed by atoms with Crippen LogP contribution in [-0.4, -0.2) is 75.9 Å². The van der Waals surface area contributed by atoms with Crippen molar-refractivity contribution in [3.63, 3.8) is 0 Å². The first-order valence-corrected chi connectivity index (χ1v) is 6.57. The van der Waals surface area contributed by atoms with Gasteiger partial charge in [-0.2, -0.15) is 0 Å². The van der Waals surface area contributed by atoms with Crippen molar-refractivity contribution in [1.82, 2.24) is 0 Å². The van der Waals surface area contributed by atoms with Crippen molar-refractivity contribution in [3.05, 3.63) is 0 Å². The van der Waals surface area contributed by atoms with Gasteiger partial charge in [-0.1, -0.05) is 0 Å². The van der Waals surface area contributed by atoms with E-state index in [1.165, 1.54) is 0 Å². The number of ether oxygens (including phenoxy) is 3. The number of hydrogen-bond acceptors (Lipinski definition) is 8. The quantitative estimate of drug-likeness (QED) is 0.436. The van der Waals surface area contributed by atoms with E-state index in [0.717, 1.165) is 0 Å². The van der Waals surface area contributed by atoms with Gasteiger partial charge in [0.2, 0.25) is 0 Å². The Morgan fingerprint density at radius 3 is 2.55 bits per heavy atom. The lowest BCUT2D eigenvalue weighted by Gasteiger charge is -2.41. The predicted molar refractivity (Wildman–Crippen MR) is 63.4 cm³/mol. The highest BCUT2D eigenvalue weighted by Gasteiger charge is 2.45. The van der Waals surface area contributed by atoms with Gasteiger partial charge in [-0.25, -0.2) is 0 Å². The van der Waals surface area contributed by atoms with Crippen molar-refractivity contribution in [2.45, 2.75) is 62.7 Å². The van der Waals surface area contributed by atoms with Gasteiger partial charge in [0.1, 0.15) is 30.5 Å². The molecule has 2 aliphatic rings. The zero-order chi connectivity index (χ0) is 14.9. The summed E-state index contributed by atoms with van der Waals surface area (Å²) in [5, 5.41) is 38.2. The van der Waals surface area contributed by atoms with Crippen LogP contribution >= 0.6 is 0 Å². The van der Waals surface area contributed by atoms with E-state index in [9.17, 15) is 20.1 Å². The summed E-state index contributed by atoms with van der Waals surface area (Å²) >= 11 is 0. The van der Waals surface area contributed by atoms with Crippen LogP contribution in [0.15, 0.2) is 0 Å². The molecule has 0 spiro atoms. The second kappa shape index (κ2) is 6.33. The van der Waals surface area contributed by atoms with E-state index in [2.05, 4.69) is 0 Å². The Morgan fingerprint density at radius 2 is 1.95 bits per heavy atom. The predicted octanol–water partition coefficient (Wildman–Crippen LogP) is -2.10. The van der Waals surface area contributed by atoms with Crippen LogP contribution in [-0.2, 0) is 19.0 Å². The molecule has 0 unspecified atom stereocenters. The Kier molecular flexibility index (Phi) is 4.95. The van der Waals surface area contributed by atoms with Crippen LogP contribution in [0.25, 0.3) is 0 Å². The molecule has 0 aliphatic carbocycles. The van der Waals surface area contributed by atoms with E-state index in [4.69, 9.17) is 19.3 Å². The average molecular weight is 292 g/mol. The van der Waals surface area contributed by atoms with Crippen LogP contribution in [0.1, 0.15) is 19.8 Å². The van der Waals surface area contributed by atoms with Gasteiger partial charge >= 0.3 is 5.97 Å². The Hall–Kier alpha value is -0.770. The minimum absolute atomic E-state index is 0.0271. The van der Waals surface area contributed by atoms with Crippen molar-refractivity contribution >= 4 is 5.97 Å². The Balaban J connectivity index is 1.98. The minimum Gasteiger partial charge on any atom is -0.462 e. The number of carbonyl (C=O) groups is 1. The zero-order valence-corrected chi connectivity index (χ0v) is 11.1. The zero-order valence-electron chi connectivity index (χ0n) is 11.1. The summed E-state index contributed by atoms with van der Waals surface area (Å²) in [4.78, 5) is 11.3. The first-order chi connectivity index (χ1) is 9.42. The van der Waals surface area contributed by atoms with Gasteiger partial charge in [-0.05, 0) is 6.92 Å². The normalized spacial score (nSPS) is 46.0. The fraction of sp³-hybridized carbons (Fsp3) is 0.917. The lowest BCUT2D eigenvalue weighted by molar-refractivity contribution is -0.314. The largest absolute Gasteiger partial charge is 0.462 e. The van der Waals surface area contributed by atoms with Gasteiger partial charge < -0.3 is 34.6 Å². The van der Waals surface area contributed by atoms with Crippen molar-refractivity contribution < 1.29 is 39.4 Å². The molecule has 0 aromatic carbocycles. The minimum atomic E-state index is -1.49. The summed E-state index contributed by atoms with van der Waals surface area (Å²) in [6.45, 7) is 1.20. The number of rotatable bonds is 3. The number of cyclic esters (lactones) is 1. The van der Waals surface area contributed by atoms with Gasteiger partial charge in [0.05, 0.1) is 19.1 Å². The molecule has 4 N–H and O–H groups in total. The standard InChI is InChI=1S/C12H20O8/c1-5-2-6(3-8(14)18-5)19-12-11(17)10(16)9(15)7(4-13)20-12/h5-7,9-13,15-17H,2-4H2,1H3/t5-,6+,7+,9+,10-,11+,12+/m0/s1.